The first-order valence-electron chi connectivity index (χ1n) is 5.66. The van der Waals surface area contributed by atoms with Crippen LogP contribution in [0.5, 0.6) is 0 Å². The molecule has 0 fully saturated rings. The number of halogens is 1. The van der Waals surface area contributed by atoms with Crippen LogP contribution in [0.4, 0.5) is 17.1 Å². The third-order valence-electron chi connectivity index (χ3n) is 2.80. The van der Waals surface area contributed by atoms with Crippen molar-refractivity contribution in [3.8, 4) is 6.07 Å². The zero-order chi connectivity index (χ0) is 14.1. The Hall–Kier alpha value is -2.36. The van der Waals surface area contributed by atoms with E-state index in [1.54, 1.807) is 30.3 Å². The van der Waals surface area contributed by atoms with Gasteiger partial charge in [0, 0.05) is 5.69 Å². The van der Waals surface area contributed by atoms with E-state index in [2.05, 4.69) is 20.1 Å². The quantitative estimate of drug-likeness (QED) is 0.707. The molecule has 7 heteroatoms. The van der Waals surface area contributed by atoms with Crippen LogP contribution in [0.15, 0.2) is 30.3 Å². The van der Waals surface area contributed by atoms with E-state index in [0.29, 0.717) is 33.2 Å². The normalized spacial score (nSPS) is 10.4. The molecule has 5 nitrogen and oxygen atoms in total. The second kappa shape index (κ2) is 4.96. The third-order valence-corrected chi connectivity index (χ3v) is 3.66. The number of nitrogens with one attached hydrogen (secondary N) is 1. The predicted molar refractivity (Wildman–Crippen MR) is 81.3 cm³/mol. The Labute approximate surface area is 123 Å². The highest BCUT2D eigenvalue weighted by atomic mass is 35.5. The third kappa shape index (κ3) is 2.13. The fourth-order valence-electron chi connectivity index (χ4n) is 1.84. The maximum Gasteiger partial charge on any atom is 0.129 e. The summed E-state index contributed by atoms with van der Waals surface area (Å²) in [6, 6.07) is 10.7. The molecule has 20 heavy (non-hydrogen) atoms. The molecule has 98 valence electrons. The minimum atomic E-state index is 0.446. The fourth-order valence-corrected chi connectivity index (χ4v) is 2.59. The number of nitrogen functional groups attached to an aromatic ring is 1. The van der Waals surface area contributed by atoms with Gasteiger partial charge in [0.2, 0.25) is 0 Å². The van der Waals surface area contributed by atoms with Gasteiger partial charge < -0.3 is 11.1 Å². The van der Waals surface area contributed by atoms with Gasteiger partial charge in [-0.2, -0.15) is 14.0 Å². The smallest absolute Gasteiger partial charge is 0.129 e. The van der Waals surface area contributed by atoms with Crippen LogP contribution in [-0.4, -0.2) is 8.75 Å². The van der Waals surface area contributed by atoms with Crippen molar-refractivity contribution in [2.75, 3.05) is 11.1 Å². The van der Waals surface area contributed by atoms with Gasteiger partial charge in [-0.25, -0.2) is 0 Å². The molecule has 0 radical (unpaired) electrons. The molecule has 0 aliphatic heterocycles. The van der Waals surface area contributed by atoms with E-state index < -0.39 is 0 Å². The largest absolute Gasteiger partial charge is 0.399 e. The SMILES string of the molecule is N#Cc1cc(N)ccc1Nc1c(Cl)ccc2nsnc12. The van der Waals surface area contributed by atoms with Gasteiger partial charge in [-0.05, 0) is 30.3 Å². The molecular weight excluding hydrogens is 294 g/mol. The van der Waals surface area contributed by atoms with E-state index >= 15 is 0 Å². The lowest BCUT2D eigenvalue weighted by Gasteiger charge is -2.10. The van der Waals surface area contributed by atoms with E-state index in [1.807, 2.05) is 0 Å². The van der Waals surface area contributed by atoms with Gasteiger partial charge in [-0.1, -0.05) is 11.6 Å². The number of anilines is 3. The van der Waals surface area contributed by atoms with Gasteiger partial charge in [0.05, 0.1) is 33.7 Å². The molecule has 0 spiro atoms. The standard InChI is InChI=1S/C13H8ClN5S/c14-9-2-4-11-13(19-20-18-11)12(9)17-10-3-1-8(16)5-7(10)6-15/h1-5,17H,16H2. The molecule has 2 aromatic carbocycles. The summed E-state index contributed by atoms with van der Waals surface area (Å²) in [4.78, 5) is 0. The number of nitrogens with zero attached hydrogens (tertiary/aromatic N) is 3. The number of nitrogens with two attached hydrogens (primary N) is 1. The molecule has 0 unspecified atom stereocenters. The van der Waals surface area contributed by atoms with Crippen LogP contribution in [-0.2, 0) is 0 Å². The average molecular weight is 302 g/mol. The maximum atomic E-state index is 9.16. The van der Waals surface area contributed by atoms with Crippen LogP contribution < -0.4 is 11.1 Å². The van der Waals surface area contributed by atoms with Crippen molar-refractivity contribution >= 4 is 51.4 Å². The first-order chi connectivity index (χ1) is 9.69. The van der Waals surface area contributed by atoms with Crippen molar-refractivity contribution in [2.24, 2.45) is 0 Å². The molecule has 3 aromatic rings. The van der Waals surface area contributed by atoms with Crippen molar-refractivity contribution in [2.45, 2.75) is 0 Å². The minimum Gasteiger partial charge on any atom is -0.399 e. The molecule has 0 aliphatic carbocycles. The zero-order valence-corrected chi connectivity index (χ0v) is 11.7. The molecule has 0 saturated carbocycles. The molecule has 0 amide bonds. The lowest BCUT2D eigenvalue weighted by atomic mass is 10.1. The second-order valence-corrected chi connectivity index (χ2v) is 5.03. The maximum absolute atomic E-state index is 9.16. The highest BCUT2D eigenvalue weighted by Gasteiger charge is 2.12. The summed E-state index contributed by atoms with van der Waals surface area (Å²) in [5.41, 5.74) is 9.36. The van der Waals surface area contributed by atoms with Crippen LogP contribution in [0, 0.1) is 11.3 Å². The Balaban J connectivity index is 2.12. The van der Waals surface area contributed by atoms with E-state index in [-0.39, 0.29) is 0 Å². The Bertz CT molecular complexity index is 836. The minimum absolute atomic E-state index is 0.446. The van der Waals surface area contributed by atoms with E-state index in [0.717, 1.165) is 17.2 Å². The molecule has 1 aromatic heterocycles. The van der Waals surface area contributed by atoms with Crippen LogP contribution in [0.3, 0.4) is 0 Å². The summed E-state index contributed by atoms with van der Waals surface area (Å²) in [5.74, 6) is 0. The van der Waals surface area contributed by atoms with Gasteiger partial charge in [0.25, 0.3) is 0 Å². The Morgan fingerprint density at radius 3 is 2.90 bits per heavy atom. The molecule has 0 saturated heterocycles. The van der Waals surface area contributed by atoms with Crippen molar-refractivity contribution < 1.29 is 0 Å². The fraction of sp³-hybridized carbons (Fsp3) is 0. The summed E-state index contributed by atoms with van der Waals surface area (Å²) >= 11 is 7.32. The first-order valence-corrected chi connectivity index (χ1v) is 6.77. The van der Waals surface area contributed by atoms with Gasteiger partial charge in [0.1, 0.15) is 17.1 Å². The molecule has 3 rings (SSSR count). The lowest BCUT2D eigenvalue weighted by molar-refractivity contribution is 1.46. The number of nitriles is 1. The number of rotatable bonds is 2. The van der Waals surface area contributed by atoms with Crippen molar-refractivity contribution in [3.63, 3.8) is 0 Å². The monoisotopic (exact) mass is 301 g/mol. The molecule has 0 aliphatic rings. The predicted octanol–water partition coefficient (Wildman–Crippen LogP) is 3.54. The summed E-state index contributed by atoms with van der Waals surface area (Å²) in [5, 5.41) is 12.8. The summed E-state index contributed by atoms with van der Waals surface area (Å²) in [7, 11) is 0. The average Bonchev–Trinajstić information content (AvgIpc) is 2.92. The Kier molecular flexibility index (Phi) is 3.14. The number of aromatic nitrogens is 2. The van der Waals surface area contributed by atoms with Crippen molar-refractivity contribution in [1.29, 1.82) is 5.26 Å². The van der Waals surface area contributed by atoms with Gasteiger partial charge >= 0.3 is 0 Å². The van der Waals surface area contributed by atoms with Crippen LogP contribution in [0.2, 0.25) is 5.02 Å². The first kappa shape index (κ1) is 12.7. The number of fused-ring (bicyclic) bond motifs is 1. The van der Waals surface area contributed by atoms with Gasteiger partial charge in [-0.15, -0.1) is 0 Å². The molecule has 0 bridgehead atoms. The second-order valence-electron chi connectivity index (χ2n) is 4.10. The van der Waals surface area contributed by atoms with Crippen LogP contribution in [0.25, 0.3) is 11.0 Å². The highest BCUT2D eigenvalue weighted by Crippen LogP contribution is 2.33. The van der Waals surface area contributed by atoms with E-state index in [4.69, 9.17) is 22.6 Å². The van der Waals surface area contributed by atoms with Crippen molar-refractivity contribution in [3.05, 3.63) is 40.9 Å². The molecule has 1 heterocycles. The van der Waals surface area contributed by atoms with Gasteiger partial charge in [-0.3, -0.25) is 0 Å². The van der Waals surface area contributed by atoms with Gasteiger partial charge in [0.15, 0.2) is 0 Å². The topological polar surface area (TPSA) is 87.6 Å². The van der Waals surface area contributed by atoms with E-state index in [1.165, 1.54) is 0 Å². The lowest BCUT2D eigenvalue weighted by Crippen LogP contribution is -1.97. The molecule has 0 atom stereocenters. The summed E-state index contributed by atoms with van der Waals surface area (Å²) in [6.07, 6.45) is 0. The molecular formula is C13H8ClN5S. The number of benzene rings is 2. The van der Waals surface area contributed by atoms with Crippen LogP contribution in [0.1, 0.15) is 5.56 Å². The zero-order valence-electron chi connectivity index (χ0n) is 10.1. The Morgan fingerprint density at radius 2 is 2.10 bits per heavy atom. The van der Waals surface area contributed by atoms with Crippen molar-refractivity contribution in [1.82, 2.24) is 8.75 Å². The molecule has 3 N–H and O–H groups in total. The highest BCUT2D eigenvalue weighted by molar-refractivity contribution is 7.00. The Morgan fingerprint density at radius 1 is 1.25 bits per heavy atom. The van der Waals surface area contributed by atoms with Crippen LogP contribution >= 0.6 is 23.3 Å². The van der Waals surface area contributed by atoms with E-state index in [9.17, 15) is 0 Å². The summed E-state index contributed by atoms with van der Waals surface area (Å²) < 4.78 is 8.39. The number of hydrogen-bond acceptors (Lipinski definition) is 6. The number of hydrogen-bond donors (Lipinski definition) is 2. The summed E-state index contributed by atoms with van der Waals surface area (Å²) in [6.45, 7) is 0.